The van der Waals surface area contributed by atoms with Crippen molar-refractivity contribution >= 4 is 29.1 Å². The van der Waals surface area contributed by atoms with E-state index in [4.69, 9.17) is 27.9 Å². The maximum Gasteiger partial charge on any atom is 0.257 e. The summed E-state index contributed by atoms with van der Waals surface area (Å²) in [5.41, 5.74) is 0. The van der Waals surface area contributed by atoms with Crippen molar-refractivity contribution in [1.29, 1.82) is 0 Å². The average Bonchev–Trinajstić information content (AvgIpc) is 2.96. The number of hydrogen-bond donors (Lipinski definition) is 2. The average molecular weight is 329 g/mol. The Morgan fingerprint density at radius 2 is 2.24 bits per heavy atom. The molecule has 0 saturated carbocycles. The van der Waals surface area contributed by atoms with Gasteiger partial charge in [-0.2, -0.15) is 5.10 Å². The number of carbonyl (C=O) groups excluding carboxylic acids is 1. The van der Waals surface area contributed by atoms with E-state index in [1.165, 1.54) is 6.33 Å². The second kappa shape index (κ2) is 7.85. The number of rotatable bonds is 7. The second-order valence-electron chi connectivity index (χ2n) is 4.25. The van der Waals surface area contributed by atoms with Crippen LogP contribution in [0, 0.1) is 0 Å². The largest absolute Gasteiger partial charge is 0.482 e. The zero-order valence-corrected chi connectivity index (χ0v) is 12.6. The standard InChI is InChI=1S/C13H14Cl2N4O2/c14-9-3-4-11(10(15)6-9)21-7-13(20)16-5-1-2-12-17-8-18-19-12/h3-4,6,8H,1-2,5,7H2,(H,16,20)(H,17,18,19). The molecule has 0 saturated heterocycles. The Morgan fingerprint density at radius 1 is 1.38 bits per heavy atom. The molecule has 0 aliphatic carbocycles. The van der Waals surface area contributed by atoms with Gasteiger partial charge in [-0.05, 0) is 24.6 Å². The first-order valence-corrected chi connectivity index (χ1v) is 7.09. The Morgan fingerprint density at radius 3 is 2.95 bits per heavy atom. The maximum atomic E-state index is 11.6. The molecule has 1 heterocycles. The number of halogens is 2. The van der Waals surface area contributed by atoms with Crippen molar-refractivity contribution in [2.75, 3.05) is 13.2 Å². The van der Waals surface area contributed by atoms with Crippen LogP contribution in [0.15, 0.2) is 24.5 Å². The number of carbonyl (C=O) groups is 1. The van der Waals surface area contributed by atoms with Gasteiger partial charge in [0.15, 0.2) is 6.61 Å². The molecule has 0 unspecified atom stereocenters. The minimum atomic E-state index is -0.210. The highest BCUT2D eigenvalue weighted by molar-refractivity contribution is 6.35. The Bertz CT molecular complexity index is 590. The van der Waals surface area contributed by atoms with Gasteiger partial charge in [-0.25, -0.2) is 4.98 Å². The number of aryl methyl sites for hydroxylation is 1. The van der Waals surface area contributed by atoms with Crippen molar-refractivity contribution in [2.24, 2.45) is 0 Å². The Labute approximate surface area is 131 Å². The van der Waals surface area contributed by atoms with Gasteiger partial charge in [0.1, 0.15) is 17.9 Å². The molecule has 2 rings (SSSR count). The summed E-state index contributed by atoms with van der Waals surface area (Å²) < 4.78 is 5.33. The normalized spacial score (nSPS) is 10.4. The van der Waals surface area contributed by atoms with E-state index in [1.807, 2.05) is 0 Å². The Hall–Kier alpha value is -1.79. The van der Waals surface area contributed by atoms with Crippen LogP contribution in [0.5, 0.6) is 5.75 Å². The second-order valence-corrected chi connectivity index (χ2v) is 5.09. The highest BCUT2D eigenvalue weighted by atomic mass is 35.5. The van der Waals surface area contributed by atoms with E-state index >= 15 is 0 Å². The number of ether oxygens (including phenoxy) is 1. The van der Waals surface area contributed by atoms with Crippen LogP contribution in [0.3, 0.4) is 0 Å². The summed E-state index contributed by atoms with van der Waals surface area (Å²) >= 11 is 11.7. The Kier molecular flexibility index (Phi) is 5.83. The number of amides is 1. The fourth-order valence-corrected chi connectivity index (χ4v) is 2.08. The molecule has 112 valence electrons. The van der Waals surface area contributed by atoms with Crippen molar-refractivity contribution in [3.8, 4) is 5.75 Å². The van der Waals surface area contributed by atoms with Crippen LogP contribution in [-0.2, 0) is 11.2 Å². The first kappa shape index (κ1) is 15.6. The molecule has 1 amide bonds. The van der Waals surface area contributed by atoms with Gasteiger partial charge in [0, 0.05) is 18.0 Å². The molecule has 8 heteroatoms. The SMILES string of the molecule is O=C(COc1ccc(Cl)cc1Cl)NCCCc1ncn[nH]1. The van der Waals surface area contributed by atoms with E-state index in [0.29, 0.717) is 22.3 Å². The fourth-order valence-electron chi connectivity index (χ4n) is 1.62. The van der Waals surface area contributed by atoms with Crippen molar-refractivity contribution in [3.05, 3.63) is 40.4 Å². The van der Waals surface area contributed by atoms with Crippen molar-refractivity contribution in [1.82, 2.24) is 20.5 Å². The predicted octanol–water partition coefficient (Wildman–Crippen LogP) is 2.24. The zero-order valence-electron chi connectivity index (χ0n) is 11.1. The van der Waals surface area contributed by atoms with Gasteiger partial charge in [0.05, 0.1) is 5.02 Å². The first-order valence-electron chi connectivity index (χ1n) is 6.34. The van der Waals surface area contributed by atoms with Crippen molar-refractivity contribution in [3.63, 3.8) is 0 Å². The molecule has 1 aromatic carbocycles. The third-order valence-corrected chi connectivity index (χ3v) is 3.16. The lowest BCUT2D eigenvalue weighted by molar-refractivity contribution is -0.123. The maximum absolute atomic E-state index is 11.6. The van der Waals surface area contributed by atoms with Crippen LogP contribution in [0.25, 0.3) is 0 Å². The summed E-state index contributed by atoms with van der Waals surface area (Å²) in [6, 6.07) is 4.84. The molecule has 0 aliphatic heterocycles. The van der Waals surface area contributed by atoms with Crippen molar-refractivity contribution in [2.45, 2.75) is 12.8 Å². The van der Waals surface area contributed by atoms with E-state index in [2.05, 4.69) is 20.5 Å². The molecule has 0 fully saturated rings. The van der Waals surface area contributed by atoms with E-state index in [9.17, 15) is 4.79 Å². The van der Waals surface area contributed by atoms with Gasteiger partial charge < -0.3 is 10.1 Å². The molecule has 1 aromatic heterocycles. The molecule has 6 nitrogen and oxygen atoms in total. The highest BCUT2D eigenvalue weighted by Crippen LogP contribution is 2.27. The molecular formula is C13H14Cl2N4O2. The number of aromatic nitrogens is 3. The number of hydrogen-bond acceptors (Lipinski definition) is 4. The van der Waals surface area contributed by atoms with Gasteiger partial charge in [0.2, 0.25) is 0 Å². The summed E-state index contributed by atoms with van der Waals surface area (Å²) in [7, 11) is 0. The minimum absolute atomic E-state index is 0.0936. The van der Waals surface area contributed by atoms with Gasteiger partial charge >= 0.3 is 0 Å². The van der Waals surface area contributed by atoms with Gasteiger partial charge in [-0.15, -0.1) is 0 Å². The third kappa shape index (κ3) is 5.24. The number of aromatic amines is 1. The van der Waals surface area contributed by atoms with E-state index in [-0.39, 0.29) is 12.5 Å². The van der Waals surface area contributed by atoms with Crippen LogP contribution in [0.4, 0.5) is 0 Å². The molecule has 0 aliphatic rings. The molecule has 0 bridgehead atoms. The Balaban J connectivity index is 1.65. The molecule has 0 spiro atoms. The highest BCUT2D eigenvalue weighted by Gasteiger charge is 2.06. The number of nitrogens with zero attached hydrogens (tertiary/aromatic N) is 2. The topological polar surface area (TPSA) is 79.9 Å². The zero-order chi connectivity index (χ0) is 15.1. The lowest BCUT2D eigenvalue weighted by Crippen LogP contribution is -2.30. The molecule has 0 atom stereocenters. The first-order chi connectivity index (χ1) is 10.1. The summed E-state index contributed by atoms with van der Waals surface area (Å²) in [4.78, 5) is 15.6. The number of nitrogens with one attached hydrogen (secondary N) is 2. The van der Waals surface area contributed by atoms with Crippen LogP contribution in [0.2, 0.25) is 10.0 Å². The summed E-state index contributed by atoms with van der Waals surface area (Å²) in [5.74, 6) is 1.02. The van der Waals surface area contributed by atoms with Gasteiger partial charge in [-0.1, -0.05) is 23.2 Å². The summed E-state index contributed by atoms with van der Waals surface area (Å²) in [6.45, 7) is 0.445. The smallest absolute Gasteiger partial charge is 0.257 e. The quantitative estimate of drug-likeness (QED) is 0.764. The fraction of sp³-hybridized carbons (Fsp3) is 0.308. The van der Waals surface area contributed by atoms with Crippen LogP contribution >= 0.6 is 23.2 Å². The van der Waals surface area contributed by atoms with Crippen LogP contribution in [0.1, 0.15) is 12.2 Å². The number of H-pyrrole nitrogens is 1. The van der Waals surface area contributed by atoms with Crippen LogP contribution < -0.4 is 10.1 Å². The minimum Gasteiger partial charge on any atom is -0.482 e. The molecule has 21 heavy (non-hydrogen) atoms. The summed E-state index contributed by atoms with van der Waals surface area (Å²) in [6.07, 6.45) is 2.95. The van der Waals surface area contributed by atoms with E-state index in [1.54, 1.807) is 18.2 Å². The molecule has 2 aromatic rings. The molecule has 0 radical (unpaired) electrons. The lowest BCUT2D eigenvalue weighted by atomic mass is 10.3. The third-order valence-electron chi connectivity index (χ3n) is 2.63. The predicted molar refractivity (Wildman–Crippen MR) is 79.7 cm³/mol. The van der Waals surface area contributed by atoms with Gasteiger partial charge in [0.25, 0.3) is 5.91 Å². The van der Waals surface area contributed by atoms with Gasteiger partial charge in [-0.3, -0.25) is 9.89 Å². The van der Waals surface area contributed by atoms with E-state index < -0.39 is 0 Å². The monoisotopic (exact) mass is 328 g/mol. The van der Waals surface area contributed by atoms with Crippen molar-refractivity contribution < 1.29 is 9.53 Å². The molecule has 2 N–H and O–H groups in total. The van der Waals surface area contributed by atoms with E-state index in [0.717, 1.165) is 18.7 Å². The lowest BCUT2D eigenvalue weighted by Gasteiger charge is -2.08. The summed E-state index contributed by atoms with van der Waals surface area (Å²) in [5, 5.41) is 10.2. The number of benzene rings is 1. The van der Waals surface area contributed by atoms with Crippen LogP contribution in [-0.4, -0.2) is 34.2 Å². The molecular weight excluding hydrogens is 315 g/mol.